The molecule has 0 radical (unpaired) electrons. The van der Waals surface area contributed by atoms with Crippen molar-refractivity contribution in [2.75, 3.05) is 23.9 Å². The molecule has 0 unspecified atom stereocenters. The van der Waals surface area contributed by atoms with Crippen LogP contribution in [0.25, 0.3) is 0 Å². The Bertz CT molecular complexity index is 103. The fraction of sp³-hybridized carbons (Fsp3) is 1.00. The number of hydrogen-bond donors (Lipinski definition) is 0. The fourth-order valence-corrected chi connectivity index (χ4v) is 2.40. The molecule has 0 fully saturated rings. The maximum absolute atomic E-state index is 5.29. The average molecular weight is 302 g/mol. The molecule has 0 amide bonds. The SMILES string of the molecule is CCOCCCC(C)(CBr)CBr. The number of ether oxygens (including phenoxy) is 1. The van der Waals surface area contributed by atoms with E-state index >= 15 is 0 Å². The second-order valence-corrected chi connectivity index (χ2v) is 4.50. The van der Waals surface area contributed by atoms with Gasteiger partial charge in [0.2, 0.25) is 0 Å². The van der Waals surface area contributed by atoms with Gasteiger partial charge in [-0.2, -0.15) is 0 Å². The summed E-state index contributed by atoms with van der Waals surface area (Å²) in [6, 6.07) is 0. The van der Waals surface area contributed by atoms with Gasteiger partial charge in [-0.25, -0.2) is 0 Å². The van der Waals surface area contributed by atoms with E-state index in [0.29, 0.717) is 5.41 Å². The molecule has 0 N–H and O–H groups in total. The van der Waals surface area contributed by atoms with Gasteiger partial charge in [-0.15, -0.1) is 0 Å². The molecule has 0 atom stereocenters. The van der Waals surface area contributed by atoms with Gasteiger partial charge in [0.25, 0.3) is 0 Å². The molecule has 0 aromatic carbocycles. The van der Waals surface area contributed by atoms with Crippen molar-refractivity contribution >= 4 is 31.9 Å². The van der Waals surface area contributed by atoms with Gasteiger partial charge in [-0.05, 0) is 25.2 Å². The Balaban J connectivity index is 3.45. The van der Waals surface area contributed by atoms with Crippen LogP contribution in [0.4, 0.5) is 0 Å². The molecule has 3 heteroatoms. The first-order valence-corrected chi connectivity index (χ1v) is 6.62. The van der Waals surface area contributed by atoms with E-state index in [1.807, 2.05) is 6.92 Å². The summed E-state index contributed by atoms with van der Waals surface area (Å²) >= 11 is 7.06. The normalized spacial score (nSPS) is 12.0. The van der Waals surface area contributed by atoms with Crippen LogP contribution < -0.4 is 0 Å². The Kier molecular flexibility index (Phi) is 7.90. The van der Waals surface area contributed by atoms with Gasteiger partial charge in [-0.3, -0.25) is 0 Å². The van der Waals surface area contributed by atoms with Gasteiger partial charge in [-0.1, -0.05) is 38.8 Å². The van der Waals surface area contributed by atoms with Crippen molar-refractivity contribution < 1.29 is 4.74 Å². The lowest BCUT2D eigenvalue weighted by molar-refractivity contribution is 0.135. The molecule has 0 saturated carbocycles. The van der Waals surface area contributed by atoms with E-state index in [-0.39, 0.29) is 0 Å². The molecule has 0 bridgehead atoms. The van der Waals surface area contributed by atoms with Crippen LogP contribution in [0.1, 0.15) is 26.7 Å². The number of rotatable bonds is 7. The molecule has 0 saturated heterocycles. The first-order chi connectivity index (χ1) is 5.68. The highest BCUT2D eigenvalue weighted by Gasteiger charge is 2.20. The predicted octanol–water partition coefficient (Wildman–Crippen LogP) is 3.60. The summed E-state index contributed by atoms with van der Waals surface area (Å²) in [4.78, 5) is 0. The van der Waals surface area contributed by atoms with Crippen molar-refractivity contribution in [1.82, 2.24) is 0 Å². The molecule has 0 aromatic rings. The van der Waals surface area contributed by atoms with Crippen molar-refractivity contribution in [2.45, 2.75) is 26.7 Å². The highest BCUT2D eigenvalue weighted by atomic mass is 79.9. The van der Waals surface area contributed by atoms with Crippen LogP contribution >= 0.6 is 31.9 Å². The molecule has 0 spiro atoms. The van der Waals surface area contributed by atoms with E-state index in [4.69, 9.17) is 4.74 Å². The van der Waals surface area contributed by atoms with E-state index in [2.05, 4.69) is 38.8 Å². The third kappa shape index (κ3) is 5.55. The summed E-state index contributed by atoms with van der Waals surface area (Å²) in [7, 11) is 0. The summed E-state index contributed by atoms with van der Waals surface area (Å²) in [6.45, 7) is 6.04. The van der Waals surface area contributed by atoms with E-state index in [9.17, 15) is 0 Å². The molecular formula is C9H18Br2O. The minimum Gasteiger partial charge on any atom is -0.382 e. The minimum atomic E-state index is 0.386. The maximum atomic E-state index is 5.29. The molecule has 0 aromatic heterocycles. The van der Waals surface area contributed by atoms with Crippen molar-refractivity contribution in [3.8, 4) is 0 Å². The van der Waals surface area contributed by atoms with Crippen molar-refractivity contribution in [1.29, 1.82) is 0 Å². The second kappa shape index (κ2) is 7.34. The smallest absolute Gasteiger partial charge is 0.0466 e. The Labute approximate surface area is 92.5 Å². The summed E-state index contributed by atoms with van der Waals surface area (Å²) in [5.74, 6) is 0. The monoisotopic (exact) mass is 300 g/mol. The zero-order chi connectivity index (χ0) is 9.45. The van der Waals surface area contributed by atoms with E-state index in [1.54, 1.807) is 0 Å². The van der Waals surface area contributed by atoms with Crippen LogP contribution in [0, 0.1) is 5.41 Å². The van der Waals surface area contributed by atoms with Gasteiger partial charge in [0, 0.05) is 23.9 Å². The number of hydrogen-bond acceptors (Lipinski definition) is 1. The van der Waals surface area contributed by atoms with Crippen LogP contribution in [0.3, 0.4) is 0 Å². The zero-order valence-corrected chi connectivity index (χ0v) is 11.1. The van der Waals surface area contributed by atoms with Crippen LogP contribution in [0.5, 0.6) is 0 Å². The Hall–Kier alpha value is 0.920. The second-order valence-electron chi connectivity index (χ2n) is 3.38. The Morgan fingerprint density at radius 2 is 1.83 bits per heavy atom. The van der Waals surface area contributed by atoms with Gasteiger partial charge >= 0.3 is 0 Å². The topological polar surface area (TPSA) is 9.23 Å². The van der Waals surface area contributed by atoms with Crippen LogP contribution in [0.15, 0.2) is 0 Å². The quantitative estimate of drug-likeness (QED) is 0.516. The average Bonchev–Trinajstić information content (AvgIpc) is 2.12. The molecule has 12 heavy (non-hydrogen) atoms. The summed E-state index contributed by atoms with van der Waals surface area (Å²) in [5, 5.41) is 2.11. The third-order valence-electron chi connectivity index (χ3n) is 1.92. The van der Waals surface area contributed by atoms with Gasteiger partial charge in [0.15, 0.2) is 0 Å². The minimum absolute atomic E-state index is 0.386. The van der Waals surface area contributed by atoms with E-state index in [0.717, 1.165) is 30.3 Å². The summed E-state index contributed by atoms with van der Waals surface area (Å²) in [6.07, 6.45) is 2.37. The van der Waals surface area contributed by atoms with Gasteiger partial charge in [0.1, 0.15) is 0 Å². The van der Waals surface area contributed by atoms with Crippen LogP contribution in [-0.2, 0) is 4.74 Å². The first-order valence-electron chi connectivity index (χ1n) is 4.38. The lowest BCUT2D eigenvalue weighted by atomic mass is 9.91. The number of halogens is 2. The molecule has 0 rings (SSSR count). The maximum Gasteiger partial charge on any atom is 0.0466 e. The molecule has 0 heterocycles. The highest BCUT2D eigenvalue weighted by molar-refractivity contribution is 9.09. The highest BCUT2D eigenvalue weighted by Crippen LogP contribution is 2.27. The summed E-state index contributed by atoms with van der Waals surface area (Å²) < 4.78 is 5.29. The zero-order valence-electron chi connectivity index (χ0n) is 7.91. The van der Waals surface area contributed by atoms with Crippen LogP contribution in [0.2, 0.25) is 0 Å². The largest absolute Gasteiger partial charge is 0.382 e. The van der Waals surface area contributed by atoms with Gasteiger partial charge < -0.3 is 4.74 Å². The first kappa shape index (κ1) is 12.9. The third-order valence-corrected chi connectivity index (χ3v) is 4.63. The van der Waals surface area contributed by atoms with Crippen molar-refractivity contribution in [2.24, 2.45) is 5.41 Å². The van der Waals surface area contributed by atoms with Gasteiger partial charge in [0.05, 0.1) is 0 Å². The lowest BCUT2D eigenvalue weighted by Crippen LogP contribution is -2.20. The summed E-state index contributed by atoms with van der Waals surface area (Å²) in [5.41, 5.74) is 0.386. The molecule has 0 aliphatic rings. The Morgan fingerprint density at radius 1 is 1.25 bits per heavy atom. The standard InChI is InChI=1S/C9H18Br2O/c1-3-12-6-4-5-9(2,7-10)8-11/h3-8H2,1-2H3. The van der Waals surface area contributed by atoms with Crippen molar-refractivity contribution in [3.63, 3.8) is 0 Å². The van der Waals surface area contributed by atoms with E-state index in [1.165, 1.54) is 6.42 Å². The molecule has 1 nitrogen and oxygen atoms in total. The lowest BCUT2D eigenvalue weighted by Gasteiger charge is -2.24. The van der Waals surface area contributed by atoms with E-state index < -0.39 is 0 Å². The molecule has 0 aliphatic heterocycles. The fourth-order valence-electron chi connectivity index (χ4n) is 0.915. The predicted molar refractivity (Wildman–Crippen MR) is 61.4 cm³/mol. The number of alkyl halides is 2. The Morgan fingerprint density at radius 3 is 2.25 bits per heavy atom. The molecular weight excluding hydrogens is 284 g/mol. The molecule has 74 valence electrons. The van der Waals surface area contributed by atoms with Crippen molar-refractivity contribution in [3.05, 3.63) is 0 Å². The molecule has 0 aliphatic carbocycles. The van der Waals surface area contributed by atoms with Crippen LogP contribution in [-0.4, -0.2) is 23.9 Å².